The molecule has 0 saturated heterocycles. The van der Waals surface area contributed by atoms with Crippen LogP contribution in [0.1, 0.15) is 42.0 Å². The summed E-state index contributed by atoms with van der Waals surface area (Å²) in [7, 11) is 0. The van der Waals surface area contributed by atoms with Crippen LogP contribution < -0.4 is 0 Å². The van der Waals surface area contributed by atoms with Crippen molar-refractivity contribution in [1.29, 1.82) is 0 Å². The molecule has 0 spiro atoms. The van der Waals surface area contributed by atoms with Crippen molar-refractivity contribution in [2.45, 2.75) is 32.6 Å². The van der Waals surface area contributed by atoms with Crippen LogP contribution in [0.4, 0.5) is 0 Å². The second kappa shape index (κ2) is 9.52. The highest BCUT2D eigenvalue weighted by Crippen LogP contribution is 2.31. The quantitative estimate of drug-likeness (QED) is 0.419. The lowest BCUT2D eigenvalue weighted by atomic mass is 9.90. The summed E-state index contributed by atoms with van der Waals surface area (Å²) in [5.74, 6) is 0.476. The number of hydrogen-bond donors (Lipinski definition) is 0. The lowest BCUT2D eigenvalue weighted by Gasteiger charge is -2.14. The number of allylic oxidation sites excluding steroid dienone is 2. The van der Waals surface area contributed by atoms with Gasteiger partial charge in [0.05, 0.1) is 5.71 Å². The van der Waals surface area contributed by atoms with E-state index in [2.05, 4.69) is 97.9 Å². The van der Waals surface area contributed by atoms with Crippen molar-refractivity contribution in [3.05, 3.63) is 113 Å². The van der Waals surface area contributed by atoms with Crippen LogP contribution >= 0.6 is 0 Å². The Labute approximate surface area is 174 Å². The summed E-state index contributed by atoms with van der Waals surface area (Å²) in [5.41, 5.74) is 7.97. The Morgan fingerprint density at radius 3 is 2.28 bits per heavy atom. The van der Waals surface area contributed by atoms with Gasteiger partial charge in [-0.3, -0.25) is 4.99 Å². The Morgan fingerprint density at radius 2 is 1.48 bits per heavy atom. The van der Waals surface area contributed by atoms with Gasteiger partial charge in [0.15, 0.2) is 0 Å². The summed E-state index contributed by atoms with van der Waals surface area (Å²) in [6, 6.07) is 30.3. The van der Waals surface area contributed by atoms with Gasteiger partial charge in [0.25, 0.3) is 0 Å². The molecule has 29 heavy (non-hydrogen) atoms. The van der Waals surface area contributed by atoms with Crippen molar-refractivity contribution in [1.82, 2.24) is 0 Å². The zero-order valence-corrected chi connectivity index (χ0v) is 17.2. The second-order valence-corrected chi connectivity index (χ2v) is 7.94. The SMILES string of the molecule is CC1Cc2ccccc2C(=NCCCCc2ccccc2)C=C1c1ccccc1. The summed E-state index contributed by atoms with van der Waals surface area (Å²) in [6.07, 6.45) is 6.82. The van der Waals surface area contributed by atoms with Crippen LogP contribution in [0.2, 0.25) is 0 Å². The Morgan fingerprint density at radius 1 is 0.793 bits per heavy atom. The van der Waals surface area contributed by atoms with Crippen molar-refractivity contribution in [3.63, 3.8) is 0 Å². The minimum absolute atomic E-state index is 0.476. The molecule has 0 bridgehead atoms. The van der Waals surface area contributed by atoms with Crippen LogP contribution in [0.5, 0.6) is 0 Å². The monoisotopic (exact) mass is 379 g/mol. The lowest BCUT2D eigenvalue weighted by molar-refractivity contribution is 0.745. The van der Waals surface area contributed by atoms with E-state index in [4.69, 9.17) is 4.99 Å². The summed E-state index contributed by atoms with van der Waals surface area (Å²) in [5, 5.41) is 0. The number of unbranched alkanes of at least 4 members (excludes halogenated alkanes) is 1. The number of benzene rings is 3. The first-order valence-corrected chi connectivity index (χ1v) is 10.7. The first-order valence-electron chi connectivity index (χ1n) is 10.7. The fourth-order valence-electron chi connectivity index (χ4n) is 4.17. The molecule has 1 aliphatic rings. The fourth-order valence-corrected chi connectivity index (χ4v) is 4.17. The molecule has 0 saturated carbocycles. The molecule has 4 rings (SSSR count). The highest BCUT2D eigenvalue weighted by atomic mass is 14.7. The van der Waals surface area contributed by atoms with Crippen molar-refractivity contribution in [2.24, 2.45) is 10.9 Å². The third-order valence-electron chi connectivity index (χ3n) is 5.75. The minimum atomic E-state index is 0.476. The van der Waals surface area contributed by atoms with E-state index in [0.717, 1.165) is 31.5 Å². The van der Waals surface area contributed by atoms with Gasteiger partial charge in [-0.05, 0) is 59.9 Å². The van der Waals surface area contributed by atoms with E-state index >= 15 is 0 Å². The molecule has 1 aliphatic carbocycles. The molecule has 1 nitrogen and oxygen atoms in total. The number of nitrogens with zero attached hydrogens (tertiary/aromatic N) is 1. The number of fused-ring (bicyclic) bond motifs is 1. The molecule has 3 aromatic carbocycles. The Balaban J connectivity index is 1.54. The zero-order valence-electron chi connectivity index (χ0n) is 17.2. The molecule has 0 heterocycles. The van der Waals surface area contributed by atoms with Crippen molar-refractivity contribution >= 4 is 11.3 Å². The molecule has 3 aromatic rings. The van der Waals surface area contributed by atoms with E-state index < -0.39 is 0 Å². The van der Waals surface area contributed by atoms with Crippen molar-refractivity contribution in [3.8, 4) is 0 Å². The number of aryl methyl sites for hydroxylation is 1. The molecular formula is C28H29N. The molecule has 0 fully saturated rings. The molecule has 1 unspecified atom stereocenters. The Hall–Kier alpha value is -2.93. The first kappa shape index (κ1) is 19.4. The molecule has 0 amide bonds. The van der Waals surface area contributed by atoms with Gasteiger partial charge in [-0.2, -0.15) is 0 Å². The van der Waals surface area contributed by atoms with Crippen molar-refractivity contribution < 1.29 is 0 Å². The molecule has 146 valence electrons. The topological polar surface area (TPSA) is 12.4 Å². The predicted octanol–water partition coefficient (Wildman–Crippen LogP) is 6.77. The number of rotatable bonds is 6. The largest absolute Gasteiger partial charge is 0.285 e. The van der Waals surface area contributed by atoms with E-state index in [1.807, 2.05) is 0 Å². The maximum absolute atomic E-state index is 5.07. The van der Waals surface area contributed by atoms with Gasteiger partial charge in [-0.1, -0.05) is 91.9 Å². The van der Waals surface area contributed by atoms with E-state index in [0.29, 0.717) is 5.92 Å². The average molecular weight is 380 g/mol. The van der Waals surface area contributed by atoms with Gasteiger partial charge >= 0.3 is 0 Å². The smallest absolute Gasteiger partial charge is 0.0652 e. The number of hydrogen-bond acceptors (Lipinski definition) is 1. The maximum Gasteiger partial charge on any atom is 0.0652 e. The molecule has 0 N–H and O–H groups in total. The van der Waals surface area contributed by atoms with E-state index in [-0.39, 0.29) is 0 Å². The second-order valence-electron chi connectivity index (χ2n) is 7.94. The van der Waals surface area contributed by atoms with Gasteiger partial charge < -0.3 is 0 Å². The van der Waals surface area contributed by atoms with Crippen LogP contribution in [-0.2, 0) is 12.8 Å². The fraction of sp³-hybridized carbons (Fsp3) is 0.250. The third-order valence-corrected chi connectivity index (χ3v) is 5.75. The summed E-state index contributed by atoms with van der Waals surface area (Å²) >= 11 is 0. The van der Waals surface area contributed by atoms with Crippen LogP contribution in [0.25, 0.3) is 5.57 Å². The highest BCUT2D eigenvalue weighted by Gasteiger charge is 2.20. The number of aliphatic imine (C=N–C) groups is 1. The molecule has 0 radical (unpaired) electrons. The van der Waals surface area contributed by atoms with E-state index in [1.54, 1.807) is 0 Å². The van der Waals surface area contributed by atoms with Gasteiger partial charge in [-0.25, -0.2) is 0 Å². The van der Waals surface area contributed by atoms with Crippen LogP contribution in [-0.4, -0.2) is 12.3 Å². The average Bonchev–Trinajstić information content (AvgIpc) is 2.91. The molecule has 1 heteroatoms. The van der Waals surface area contributed by atoms with E-state index in [1.165, 1.54) is 34.2 Å². The maximum atomic E-state index is 5.07. The van der Waals surface area contributed by atoms with Gasteiger partial charge in [0.1, 0.15) is 0 Å². The molecule has 0 aliphatic heterocycles. The first-order chi connectivity index (χ1) is 14.3. The van der Waals surface area contributed by atoms with Crippen LogP contribution in [0.3, 0.4) is 0 Å². The van der Waals surface area contributed by atoms with Gasteiger partial charge in [-0.15, -0.1) is 0 Å². The van der Waals surface area contributed by atoms with Crippen LogP contribution in [0.15, 0.2) is 96.0 Å². The molecular weight excluding hydrogens is 350 g/mol. The molecule has 1 atom stereocenters. The molecule has 0 aromatic heterocycles. The summed E-state index contributed by atoms with van der Waals surface area (Å²) in [4.78, 5) is 5.07. The highest BCUT2D eigenvalue weighted by molar-refractivity contribution is 6.14. The summed E-state index contributed by atoms with van der Waals surface area (Å²) in [6.45, 7) is 3.21. The van der Waals surface area contributed by atoms with Gasteiger partial charge in [0, 0.05) is 12.1 Å². The van der Waals surface area contributed by atoms with Crippen LogP contribution in [0, 0.1) is 5.92 Å². The Kier molecular flexibility index (Phi) is 6.36. The standard InChI is InChI=1S/C28H29N/c1-22-20-25-17-8-9-18-26(25)28(21-27(22)24-15-6-3-7-16-24)29-19-11-10-14-23-12-4-2-5-13-23/h2-9,12-13,15-18,21-22H,10-11,14,19-20H2,1H3. The minimum Gasteiger partial charge on any atom is -0.285 e. The van der Waals surface area contributed by atoms with Crippen molar-refractivity contribution in [2.75, 3.05) is 6.54 Å². The normalized spacial score (nSPS) is 17.5. The zero-order chi connectivity index (χ0) is 19.9. The van der Waals surface area contributed by atoms with Gasteiger partial charge in [0.2, 0.25) is 0 Å². The summed E-state index contributed by atoms with van der Waals surface area (Å²) < 4.78 is 0. The predicted molar refractivity (Wildman–Crippen MR) is 125 cm³/mol. The Bertz CT molecular complexity index is 983. The third kappa shape index (κ3) is 4.92. The van der Waals surface area contributed by atoms with E-state index in [9.17, 15) is 0 Å². The lowest BCUT2D eigenvalue weighted by Crippen LogP contribution is -2.02.